The minimum Gasteiger partial charge on any atom is -0.465 e. The normalized spacial score (nSPS) is 14.2. The van der Waals surface area contributed by atoms with E-state index in [2.05, 4.69) is 30.9 Å². The molecule has 2 amide bonds. The van der Waals surface area contributed by atoms with Crippen molar-refractivity contribution < 1.29 is 32.2 Å². The molecule has 0 radical (unpaired) electrons. The summed E-state index contributed by atoms with van der Waals surface area (Å²) in [7, 11) is 1.23. The SMILES string of the molecule is CCNC(=O)Nc1cc(-c2nc(C(F)(F)F)c(CNC3CCOCC3)s2)c(-c2cncc(C(=O)OC)c2)cn1. The van der Waals surface area contributed by atoms with Gasteiger partial charge in [-0.15, -0.1) is 11.3 Å². The Bertz CT molecular complexity index is 1330. The molecule has 1 fully saturated rings. The van der Waals surface area contributed by atoms with Crippen molar-refractivity contribution in [2.75, 3.05) is 32.2 Å². The summed E-state index contributed by atoms with van der Waals surface area (Å²) in [6, 6.07) is 2.48. The standard InChI is InChI=1S/C25H27F3N6O4S/c1-3-30-24(36)33-20-9-17(18(12-32-20)14-8-15(11-29-10-14)23(35)37-2)22-34-21(25(26,27)28)19(39-22)13-31-16-4-6-38-7-5-16/h8-12,16,31H,3-7,13H2,1-2H3,(H2,30,32,33,36). The van der Waals surface area contributed by atoms with Crippen molar-refractivity contribution >= 4 is 29.2 Å². The maximum absolute atomic E-state index is 14.0. The second kappa shape index (κ2) is 12.5. The van der Waals surface area contributed by atoms with E-state index in [1.54, 1.807) is 6.92 Å². The molecule has 4 rings (SSSR count). The Morgan fingerprint density at radius 2 is 1.92 bits per heavy atom. The second-order valence-corrected chi connectivity index (χ2v) is 9.69. The summed E-state index contributed by atoms with van der Waals surface area (Å²) < 4.78 is 52.2. The third-order valence-corrected chi connectivity index (χ3v) is 7.01. The van der Waals surface area contributed by atoms with Crippen molar-refractivity contribution in [3.05, 3.63) is 46.9 Å². The lowest BCUT2D eigenvalue weighted by Gasteiger charge is -2.23. The number of amides is 2. The van der Waals surface area contributed by atoms with E-state index in [0.29, 0.717) is 43.7 Å². The molecule has 14 heteroatoms. The minimum absolute atomic E-state index is 0.0129. The van der Waals surface area contributed by atoms with Crippen LogP contribution in [0, 0.1) is 0 Å². The van der Waals surface area contributed by atoms with Gasteiger partial charge >= 0.3 is 18.2 Å². The van der Waals surface area contributed by atoms with Gasteiger partial charge in [0.2, 0.25) is 0 Å². The van der Waals surface area contributed by atoms with Gasteiger partial charge in [0.05, 0.1) is 17.6 Å². The average Bonchev–Trinajstić information content (AvgIpc) is 3.37. The van der Waals surface area contributed by atoms with Crippen LogP contribution in [0.5, 0.6) is 0 Å². The smallest absolute Gasteiger partial charge is 0.434 e. The number of urea groups is 1. The molecule has 208 valence electrons. The Morgan fingerprint density at radius 3 is 2.62 bits per heavy atom. The molecule has 0 bridgehead atoms. The van der Waals surface area contributed by atoms with Crippen LogP contribution in [0.4, 0.5) is 23.8 Å². The predicted octanol–water partition coefficient (Wildman–Crippen LogP) is 4.48. The zero-order valence-electron chi connectivity index (χ0n) is 21.2. The molecule has 10 nitrogen and oxygen atoms in total. The third-order valence-electron chi connectivity index (χ3n) is 5.92. The lowest BCUT2D eigenvalue weighted by atomic mass is 10.0. The highest BCUT2D eigenvalue weighted by Crippen LogP contribution is 2.41. The van der Waals surface area contributed by atoms with E-state index in [4.69, 9.17) is 9.47 Å². The zero-order valence-corrected chi connectivity index (χ0v) is 22.0. The van der Waals surface area contributed by atoms with Gasteiger partial charge in [0.1, 0.15) is 10.8 Å². The first-order chi connectivity index (χ1) is 18.7. The Labute approximate surface area is 226 Å². The molecule has 1 aliphatic rings. The Balaban J connectivity index is 1.78. The predicted molar refractivity (Wildman–Crippen MR) is 138 cm³/mol. The molecule has 0 aromatic carbocycles. The number of thiazole rings is 1. The molecule has 0 spiro atoms. The molecule has 4 heterocycles. The van der Waals surface area contributed by atoms with Crippen LogP contribution in [0.1, 0.15) is 40.7 Å². The lowest BCUT2D eigenvalue weighted by molar-refractivity contribution is -0.141. The van der Waals surface area contributed by atoms with E-state index in [0.717, 1.165) is 11.3 Å². The first kappa shape index (κ1) is 28.4. The number of halogens is 3. The van der Waals surface area contributed by atoms with Gasteiger partial charge in [-0.1, -0.05) is 0 Å². The zero-order chi connectivity index (χ0) is 28.0. The van der Waals surface area contributed by atoms with E-state index in [1.807, 2.05) is 0 Å². The van der Waals surface area contributed by atoms with Crippen LogP contribution < -0.4 is 16.0 Å². The number of ether oxygens (including phenoxy) is 2. The molecular weight excluding hydrogens is 537 g/mol. The van der Waals surface area contributed by atoms with Gasteiger partial charge in [-0.25, -0.2) is 19.6 Å². The van der Waals surface area contributed by atoms with Crippen LogP contribution in [-0.4, -0.2) is 59.9 Å². The van der Waals surface area contributed by atoms with E-state index >= 15 is 0 Å². The van der Waals surface area contributed by atoms with Crippen LogP contribution in [0.15, 0.2) is 30.7 Å². The van der Waals surface area contributed by atoms with Gasteiger partial charge < -0.3 is 20.1 Å². The van der Waals surface area contributed by atoms with Crippen molar-refractivity contribution in [1.82, 2.24) is 25.6 Å². The van der Waals surface area contributed by atoms with E-state index in [9.17, 15) is 22.8 Å². The van der Waals surface area contributed by atoms with Crippen LogP contribution in [0.2, 0.25) is 0 Å². The van der Waals surface area contributed by atoms with Gasteiger partial charge in [0.25, 0.3) is 0 Å². The van der Waals surface area contributed by atoms with Crippen molar-refractivity contribution in [3.8, 4) is 21.7 Å². The summed E-state index contributed by atoms with van der Waals surface area (Å²) >= 11 is 0.897. The van der Waals surface area contributed by atoms with Crippen molar-refractivity contribution in [3.63, 3.8) is 0 Å². The number of anilines is 1. The molecule has 1 saturated heterocycles. The van der Waals surface area contributed by atoms with Crippen LogP contribution in [0.3, 0.4) is 0 Å². The Hall–Kier alpha value is -3.62. The molecule has 3 aromatic rings. The number of alkyl halides is 3. The minimum atomic E-state index is -4.68. The van der Waals surface area contributed by atoms with Crippen molar-refractivity contribution in [2.45, 2.75) is 38.5 Å². The molecule has 0 saturated carbocycles. The number of pyridine rings is 2. The lowest BCUT2D eigenvalue weighted by Crippen LogP contribution is -2.34. The molecule has 0 aliphatic carbocycles. The summed E-state index contributed by atoms with van der Waals surface area (Å²) in [4.78, 5) is 36.5. The van der Waals surface area contributed by atoms with Gasteiger partial charge in [-0.05, 0) is 31.9 Å². The number of hydrogen-bond acceptors (Lipinski definition) is 9. The van der Waals surface area contributed by atoms with Crippen LogP contribution in [0.25, 0.3) is 21.7 Å². The first-order valence-corrected chi connectivity index (χ1v) is 13.0. The van der Waals surface area contributed by atoms with E-state index in [-0.39, 0.29) is 39.4 Å². The summed E-state index contributed by atoms with van der Waals surface area (Å²) in [5, 5.41) is 8.41. The fraction of sp³-hybridized carbons (Fsp3) is 0.400. The molecule has 39 heavy (non-hydrogen) atoms. The Kier molecular flexibility index (Phi) is 9.09. The maximum Gasteiger partial charge on any atom is 0.434 e. The quantitative estimate of drug-likeness (QED) is 0.342. The third kappa shape index (κ3) is 7.07. The number of nitrogens with one attached hydrogen (secondary N) is 3. The number of rotatable bonds is 8. The van der Waals surface area contributed by atoms with E-state index < -0.39 is 23.9 Å². The van der Waals surface area contributed by atoms with E-state index in [1.165, 1.54) is 37.8 Å². The van der Waals surface area contributed by atoms with Crippen LogP contribution in [-0.2, 0) is 22.2 Å². The number of hydrogen-bond donors (Lipinski definition) is 3. The number of carbonyl (C=O) groups is 2. The highest BCUT2D eigenvalue weighted by molar-refractivity contribution is 7.15. The first-order valence-electron chi connectivity index (χ1n) is 12.2. The maximum atomic E-state index is 14.0. The number of carbonyl (C=O) groups excluding carboxylic acids is 2. The average molecular weight is 565 g/mol. The number of esters is 1. The fourth-order valence-corrected chi connectivity index (χ4v) is 5.08. The van der Waals surface area contributed by atoms with Gasteiger partial charge in [0, 0.05) is 67.6 Å². The summed E-state index contributed by atoms with van der Waals surface area (Å²) in [6.45, 7) is 3.21. The topological polar surface area (TPSA) is 127 Å². The highest BCUT2D eigenvalue weighted by atomic mass is 32.1. The second-order valence-electron chi connectivity index (χ2n) is 8.61. The monoisotopic (exact) mass is 564 g/mol. The molecule has 1 aliphatic heterocycles. The molecule has 3 aromatic heterocycles. The summed E-state index contributed by atoms with van der Waals surface area (Å²) in [5.74, 6) is -0.508. The molecule has 0 unspecified atom stereocenters. The van der Waals surface area contributed by atoms with Crippen molar-refractivity contribution in [2.24, 2.45) is 0 Å². The van der Waals surface area contributed by atoms with Gasteiger partial charge in [-0.2, -0.15) is 13.2 Å². The van der Waals surface area contributed by atoms with Crippen molar-refractivity contribution in [1.29, 1.82) is 0 Å². The number of nitrogens with zero attached hydrogens (tertiary/aromatic N) is 3. The number of aromatic nitrogens is 3. The van der Waals surface area contributed by atoms with Gasteiger partial charge in [0.15, 0.2) is 5.69 Å². The molecule has 0 atom stereocenters. The largest absolute Gasteiger partial charge is 0.465 e. The van der Waals surface area contributed by atoms with Crippen LogP contribution >= 0.6 is 11.3 Å². The molecule has 3 N–H and O–H groups in total. The summed E-state index contributed by atoms with van der Waals surface area (Å²) in [5.41, 5.74) is 0.247. The highest BCUT2D eigenvalue weighted by Gasteiger charge is 2.38. The van der Waals surface area contributed by atoms with Gasteiger partial charge in [-0.3, -0.25) is 10.3 Å². The molecular formula is C25H27F3N6O4S. The summed E-state index contributed by atoms with van der Waals surface area (Å²) in [6.07, 6.45) is 0.904. The fourth-order valence-electron chi connectivity index (χ4n) is 4.02. The number of methoxy groups -OCH3 is 1. The Morgan fingerprint density at radius 1 is 1.15 bits per heavy atom.